The molecule has 8 heteroatoms. The molecule has 0 radical (unpaired) electrons. The van der Waals surface area contributed by atoms with Crippen molar-refractivity contribution in [1.82, 2.24) is 0 Å². The highest BCUT2D eigenvalue weighted by Crippen LogP contribution is 2.24. The minimum absolute atomic E-state index is 0.130. The molecular weight excluding hydrogens is 409 g/mol. The van der Waals surface area contributed by atoms with Gasteiger partial charge >= 0.3 is 0 Å². The van der Waals surface area contributed by atoms with E-state index in [9.17, 15) is 14.0 Å². The number of rotatable bonds is 7. The molecule has 0 heterocycles. The standard InChI is InChI=1S/C22H19ClFN3O3/c1-30-20-5-3-2-4-19(20)27-22(29)14-6-9-16(10-7-14)26-21(28)13-25-18-11-8-15(23)12-17(18)24/h2-12,25H,13H2,1H3,(H,26,28)(H,27,29). The number of benzene rings is 3. The molecule has 30 heavy (non-hydrogen) atoms. The summed E-state index contributed by atoms with van der Waals surface area (Å²) in [6.45, 7) is -0.130. The van der Waals surface area contributed by atoms with E-state index in [1.165, 1.54) is 19.2 Å². The van der Waals surface area contributed by atoms with E-state index in [0.29, 0.717) is 22.7 Å². The molecule has 2 amide bonds. The first kappa shape index (κ1) is 21.1. The summed E-state index contributed by atoms with van der Waals surface area (Å²) in [4.78, 5) is 24.5. The molecular formula is C22H19ClFN3O3. The minimum atomic E-state index is -0.541. The van der Waals surface area contributed by atoms with Crippen LogP contribution in [-0.2, 0) is 4.79 Å². The van der Waals surface area contributed by atoms with Crippen LogP contribution < -0.4 is 20.7 Å². The first-order valence-corrected chi connectivity index (χ1v) is 9.37. The lowest BCUT2D eigenvalue weighted by molar-refractivity contribution is -0.114. The fraction of sp³-hybridized carbons (Fsp3) is 0.0909. The lowest BCUT2D eigenvalue weighted by atomic mass is 10.2. The Labute approximate surface area is 178 Å². The monoisotopic (exact) mass is 427 g/mol. The Hall–Kier alpha value is -3.58. The third-order valence-electron chi connectivity index (χ3n) is 4.16. The summed E-state index contributed by atoms with van der Waals surface area (Å²) < 4.78 is 18.9. The van der Waals surface area contributed by atoms with E-state index in [0.717, 1.165) is 6.07 Å². The van der Waals surface area contributed by atoms with Gasteiger partial charge in [0.25, 0.3) is 5.91 Å². The number of ether oxygens (including phenoxy) is 1. The van der Waals surface area contributed by atoms with Crippen molar-refractivity contribution in [3.63, 3.8) is 0 Å². The molecule has 154 valence electrons. The Kier molecular flexibility index (Phi) is 6.87. The van der Waals surface area contributed by atoms with Crippen LogP contribution in [-0.4, -0.2) is 25.5 Å². The summed E-state index contributed by atoms with van der Waals surface area (Å²) in [6.07, 6.45) is 0. The first-order chi connectivity index (χ1) is 14.5. The average Bonchev–Trinajstić information content (AvgIpc) is 2.74. The van der Waals surface area contributed by atoms with Crippen molar-refractivity contribution in [2.75, 3.05) is 29.6 Å². The van der Waals surface area contributed by atoms with E-state index < -0.39 is 5.82 Å². The number of carbonyl (C=O) groups excluding carboxylic acids is 2. The topological polar surface area (TPSA) is 79.5 Å². The summed E-state index contributed by atoms with van der Waals surface area (Å²) in [7, 11) is 1.53. The van der Waals surface area contributed by atoms with Crippen LogP contribution in [0.5, 0.6) is 5.75 Å². The maximum absolute atomic E-state index is 13.7. The highest BCUT2D eigenvalue weighted by molar-refractivity contribution is 6.30. The molecule has 0 aromatic heterocycles. The molecule has 0 aliphatic heterocycles. The molecule has 3 N–H and O–H groups in total. The van der Waals surface area contributed by atoms with E-state index in [4.69, 9.17) is 16.3 Å². The van der Waals surface area contributed by atoms with Gasteiger partial charge in [-0.25, -0.2) is 4.39 Å². The zero-order chi connectivity index (χ0) is 21.5. The zero-order valence-electron chi connectivity index (χ0n) is 16.0. The number of methoxy groups -OCH3 is 1. The molecule has 0 spiro atoms. The van der Waals surface area contributed by atoms with Crippen molar-refractivity contribution in [2.45, 2.75) is 0 Å². The molecule has 0 aliphatic carbocycles. The van der Waals surface area contributed by atoms with Crippen LogP contribution in [0.2, 0.25) is 5.02 Å². The molecule has 0 saturated carbocycles. The largest absolute Gasteiger partial charge is 0.495 e. The lowest BCUT2D eigenvalue weighted by Gasteiger charge is -2.11. The smallest absolute Gasteiger partial charge is 0.255 e. The fourth-order valence-corrected chi connectivity index (χ4v) is 2.82. The van der Waals surface area contributed by atoms with Crippen molar-refractivity contribution in [3.05, 3.63) is 83.1 Å². The van der Waals surface area contributed by atoms with Crippen LogP contribution in [0.25, 0.3) is 0 Å². The number of nitrogens with one attached hydrogen (secondary N) is 3. The summed E-state index contributed by atoms with van der Waals surface area (Å²) >= 11 is 5.70. The Morgan fingerprint density at radius 1 is 0.967 bits per heavy atom. The number of hydrogen-bond donors (Lipinski definition) is 3. The second-order valence-electron chi connectivity index (χ2n) is 6.26. The second-order valence-corrected chi connectivity index (χ2v) is 6.69. The van der Waals surface area contributed by atoms with Gasteiger partial charge < -0.3 is 20.7 Å². The third-order valence-corrected chi connectivity index (χ3v) is 4.39. The average molecular weight is 428 g/mol. The number of hydrogen-bond acceptors (Lipinski definition) is 4. The normalized spacial score (nSPS) is 10.2. The van der Waals surface area contributed by atoms with E-state index in [2.05, 4.69) is 16.0 Å². The Bertz CT molecular complexity index is 1060. The number of carbonyl (C=O) groups is 2. The van der Waals surface area contributed by atoms with Crippen LogP contribution in [0.4, 0.5) is 21.5 Å². The van der Waals surface area contributed by atoms with Gasteiger partial charge in [0, 0.05) is 16.3 Å². The van der Waals surface area contributed by atoms with E-state index in [-0.39, 0.29) is 29.1 Å². The molecule has 3 aromatic carbocycles. The van der Waals surface area contributed by atoms with Gasteiger partial charge in [0.2, 0.25) is 5.91 Å². The summed E-state index contributed by atoms with van der Waals surface area (Å²) in [5.41, 5.74) is 1.66. The second kappa shape index (κ2) is 9.76. The summed E-state index contributed by atoms with van der Waals surface area (Å²) in [5.74, 6) is -0.659. The van der Waals surface area contributed by atoms with Gasteiger partial charge in [-0.05, 0) is 54.6 Å². The number of amides is 2. The lowest BCUT2D eigenvalue weighted by Crippen LogP contribution is -2.22. The first-order valence-electron chi connectivity index (χ1n) is 8.99. The van der Waals surface area contributed by atoms with Crippen LogP contribution in [0, 0.1) is 5.82 Å². The molecule has 0 unspecified atom stereocenters. The molecule has 3 aromatic rings. The van der Waals surface area contributed by atoms with Crippen molar-refractivity contribution in [2.24, 2.45) is 0 Å². The Morgan fingerprint density at radius 3 is 2.40 bits per heavy atom. The number of anilines is 3. The quantitative estimate of drug-likeness (QED) is 0.506. The molecule has 0 aliphatic rings. The van der Waals surface area contributed by atoms with Crippen molar-refractivity contribution >= 4 is 40.5 Å². The van der Waals surface area contributed by atoms with Gasteiger partial charge in [-0.2, -0.15) is 0 Å². The maximum atomic E-state index is 13.7. The highest BCUT2D eigenvalue weighted by Gasteiger charge is 2.10. The van der Waals surface area contributed by atoms with Gasteiger partial charge in [0.05, 0.1) is 25.0 Å². The third kappa shape index (κ3) is 5.48. The molecule has 3 rings (SSSR count). The predicted octanol–water partition coefficient (Wildman–Crippen LogP) is 4.79. The van der Waals surface area contributed by atoms with E-state index >= 15 is 0 Å². The van der Waals surface area contributed by atoms with Crippen LogP contribution in [0.15, 0.2) is 66.7 Å². The zero-order valence-corrected chi connectivity index (χ0v) is 16.8. The predicted molar refractivity (Wildman–Crippen MR) is 116 cm³/mol. The fourth-order valence-electron chi connectivity index (χ4n) is 2.66. The molecule has 0 atom stereocenters. The van der Waals surface area contributed by atoms with Gasteiger partial charge in [0.15, 0.2) is 0 Å². The van der Waals surface area contributed by atoms with E-state index in [1.807, 2.05) is 6.07 Å². The van der Waals surface area contributed by atoms with Crippen LogP contribution in [0.1, 0.15) is 10.4 Å². The molecule has 6 nitrogen and oxygen atoms in total. The molecule has 0 fully saturated rings. The molecule has 0 saturated heterocycles. The Balaban J connectivity index is 1.56. The van der Waals surface area contributed by atoms with Crippen LogP contribution in [0.3, 0.4) is 0 Å². The van der Waals surface area contributed by atoms with Gasteiger partial charge in [-0.15, -0.1) is 0 Å². The van der Waals surface area contributed by atoms with Gasteiger partial charge in [-0.1, -0.05) is 23.7 Å². The summed E-state index contributed by atoms with van der Waals surface area (Å²) in [6, 6.07) is 17.6. The number of para-hydroxylation sites is 2. The van der Waals surface area contributed by atoms with Crippen molar-refractivity contribution in [3.8, 4) is 5.75 Å². The summed E-state index contributed by atoms with van der Waals surface area (Å²) in [5, 5.41) is 8.44. The van der Waals surface area contributed by atoms with Gasteiger partial charge in [0.1, 0.15) is 11.6 Å². The van der Waals surface area contributed by atoms with Gasteiger partial charge in [-0.3, -0.25) is 9.59 Å². The van der Waals surface area contributed by atoms with E-state index in [1.54, 1.807) is 42.5 Å². The SMILES string of the molecule is COc1ccccc1NC(=O)c1ccc(NC(=O)CNc2ccc(Cl)cc2F)cc1. The minimum Gasteiger partial charge on any atom is -0.495 e. The Morgan fingerprint density at radius 2 is 1.70 bits per heavy atom. The van der Waals surface area contributed by atoms with Crippen LogP contribution >= 0.6 is 11.6 Å². The molecule has 0 bridgehead atoms. The maximum Gasteiger partial charge on any atom is 0.255 e. The number of halogens is 2. The van der Waals surface area contributed by atoms with Crippen molar-refractivity contribution < 1.29 is 18.7 Å². The van der Waals surface area contributed by atoms with Crippen molar-refractivity contribution in [1.29, 1.82) is 0 Å². The highest BCUT2D eigenvalue weighted by atomic mass is 35.5.